The lowest BCUT2D eigenvalue weighted by molar-refractivity contribution is 0.253. The number of pyridine rings is 2. The van der Waals surface area contributed by atoms with Crippen molar-refractivity contribution < 1.29 is 18.3 Å². The second-order valence-electron chi connectivity index (χ2n) is 7.69. The van der Waals surface area contributed by atoms with Gasteiger partial charge >= 0.3 is 6.03 Å². The number of rotatable bonds is 6. The number of nitrogens with zero attached hydrogens (tertiary/aromatic N) is 3. The van der Waals surface area contributed by atoms with Crippen LogP contribution in [0.2, 0.25) is 0 Å². The maximum Gasteiger partial charge on any atom is 0.320 e. The van der Waals surface area contributed by atoms with Crippen molar-refractivity contribution in [1.82, 2.24) is 9.97 Å². The second-order valence-corrected chi connectivity index (χ2v) is 9.80. The van der Waals surface area contributed by atoms with Crippen molar-refractivity contribution in [3.63, 3.8) is 0 Å². The van der Waals surface area contributed by atoms with E-state index in [0.29, 0.717) is 12.4 Å². The van der Waals surface area contributed by atoms with Crippen LogP contribution in [0.1, 0.15) is 18.4 Å². The highest BCUT2D eigenvalue weighted by Crippen LogP contribution is 2.31. The molecule has 1 aliphatic rings. The van der Waals surface area contributed by atoms with Gasteiger partial charge in [0, 0.05) is 48.4 Å². The first-order chi connectivity index (χ1) is 15.4. The number of carbonyl (C=O) groups is 1. The van der Waals surface area contributed by atoms with Crippen LogP contribution in [0.3, 0.4) is 0 Å². The van der Waals surface area contributed by atoms with Crippen molar-refractivity contribution in [3.8, 4) is 22.3 Å². The topological polar surface area (TPSA) is 126 Å². The molecule has 2 amide bonds. The zero-order valence-electron chi connectivity index (χ0n) is 17.4. The molecule has 0 radical (unpaired) electrons. The summed E-state index contributed by atoms with van der Waals surface area (Å²) < 4.78 is 25.0. The van der Waals surface area contributed by atoms with Gasteiger partial charge in [0.2, 0.25) is 0 Å². The molecule has 0 spiro atoms. The quantitative estimate of drug-likeness (QED) is 0.592. The van der Waals surface area contributed by atoms with Crippen molar-refractivity contribution in [2.45, 2.75) is 24.2 Å². The third kappa shape index (κ3) is 4.49. The van der Waals surface area contributed by atoms with E-state index in [1.165, 1.54) is 4.90 Å². The fraction of sp³-hybridized carbons (Fsp3) is 0.261. The van der Waals surface area contributed by atoms with Gasteiger partial charge in [0.1, 0.15) is 5.82 Å². The number of aromatic nitrogens is 2. The van der Waals surface area contributed by atoms with Crippen LogP contribution in [-0.4, -0.2) is 48.4 Å². The van der Waals surface area contributed by atoms with E-state index in [-0.39, 0.29) is 23.7 Å². The van der Waals surface area contributed by atoms with E-state index in [1.54, 1.807) is 36.8 Å². The Morgan fingerprint density at radius 2 is 1.81 bits per heavy atom. The van der Waals surface area contributed by atoms with Crippen LogP contribution in [-0.2, 0) is 16.3 Å². The number of aliphatic hydroxyl groups excluding tert-OH is 1. The molecular formula is C23H24N4O4S. The van der Waals surface area contributed by atoms with E-state index in [9.17, 15) is 13.2 Å². The monoisotopic (exact) mass is 452 g/mol. The number of urea groups is 1. The summed E-state index contributed by atoms with van der Waals surface area (Å²) >= 11 is 0. The molecule has 3 N–H and O–H groups in total. The van der Waals surface area contributed by atoms with Gasteiger partial charge in [-0.05, 0) is 54.7 Å². The van der Waals surface area contributed by atoms with Gasteiger partial charge in [0.05, 0.1) is 10.6 Å². The first-order valence-corrected chi connectivity index (χ1v) is 12.0. The van der Waals surface area contributed by atoms with Gasteiger partial charge in [-0.15, -0.1) is 0 Å². The summed E-state index contributed by atoms with van der Waals surface area (Å²) in [5, 5.41) is 8.96. The number of sulfone groups is 1. The number of carbonyl (C=O) groups excluding carboxylic acids is 1. The molecule has 0 saturated carbocycles. The Balaban J connectivity index is 1.67. The molecule has 0 bridgehead atoms. The fourth-order valence-electron chi connectivity index (χ4n) is 3.83. The van der Waals surface area contributed by atoms with Gasteiger partial charge in [-0.25, -0.2) is 18.2 Å². The summed E-state index contributed by atoms with van der Waals surface area (Å²) in [5.74, 6) is 0.492. The largest absolute Gasteiger partial charge is 0.396 e. The van der Waals surface area contributed by atoms with E-state index in [0.717, 1.165) is 40.7 Å². The first-order valence-electron chi connectivity index (χ1n) is 10.3. The lowest BCUT2D eigenvalue weighted by Gasteiger charge is -2.26. The molecule has 3 heterocycles. The predicted octanol–water partition coefficient (Wildman–Crippen LogP) is 2.80. The molecule has 9 heteroatoms. The summed E-state index contributed by atoms with van der Waals surface area (Å²) in [5.41, 5.74) is 9.62. The molecular weight excluding hydrogens is 428 g/mol. The zero-order valence-corrected chi connectivity index (χ0v) is 18.3. The molecule has 0 fully saturated rings. The number of anilines is 1. The molecule has 0 unspecified atom stereocenters. The highest BCUT2D eigenvalue weighted by Gasteiger charge is 2.22. The zero-order chi connectivity index (χ0) is 22.7. The predicted molar refractivity (Wildman–Crippen MR) is 122 cm³/mol. The van der Waals surface area contributed by atoms with E-state index >= 15 is 0 Å². The number of aliphatic hydroxyl groups is 1. The Morgan fingerprint density at radius 3 is 2.56 bits per heavy atom. The molecule has 3 aromatic rings. The number of amides is 2. The molecule has 2 aromatic heterocycles. The van der Waals surface area contributed by atoms with Crippen LogP contribution in [0.15, 0.2) is 59.9 Å². The normalized spacial score (nSPS) is 13.6. The van der Waals surface area contributed by atoms with E-state index in [2.05, 4.69) is 9.97 Å². The summed E-state index contributed by atoms with van der Waals surface area (Å²) in [6.45, 7) is 0.389. The van der Waals surface area contributed by atoms with Crippen LogP contribution in [0.25, 0.3) is 22.3 Å². The third-order valence-electron chi connectivity index (χ3n) is 5.46. The Hall–Kier alpha value is -3.30. The van der Waals surface area contributed by atoms with Gasteiger partial charge in [0.25, 0.3) is 0 Å². The minimum atomic E-state index is -3.47. The number of benzene rings is 1. The molecule has 1 aliphatic heterocycles. The molecule has 1 aromatic carbocycles. The van der Waals surface area contributed by atoms with Crippen molar-refractivity contribution in [1.29, 1.82) is 0 Å². The van der Waals surface area contributed by atoms with E-state index in [1.807, 2.05) is 18.2 Å². The summed E-state index contributed by atoms with van der Waals surface area (Å²) in [6.07, 6.45) is 6.92. The smallest absolute Gasteiger partial charge is 0.320 e. The number of aryl methyl sites for hydroxylation is 1. The molecule has 0 saturated heterocycles. The van der Waals surface area contributed by atoms with E-state index in [4.69, 9.17) is 10.8 Å². The molecule has 0 atom stereocenters. The van der Waals surface area contributed by atoms with Gasteiger partial charge in [-0.3, -0.25) is 9.88 Å². The van der Waals surface area contributed by atoms with Crippen molar-refractivity contribution in [2.75, 3.05) is 23.8 Å². The number of nitrogens with two attached hydrogens (primary N) is 1. The Morgan fingerprint density at radius 1 is 1.06 bits per heavy atom. The Bertz CT molecular complexity index is 1260. The fourth-order valence-corrected chi connectivity index (χ4v) is 5.17. The third-order valence-corrected chi connectivity index (χ3v) is 7.26. The minimum absolute atomic E-state index is 0.103. The molecule has 166 valence electrons. The number of hydrogen-bond donors (Lipinski definition) is 2. The van der Waals surface area contributed by atoms with Crippen molar-refractivity contribution in [3.05, 3.63) is 60.6 Å². The van der Waals surface area contributed by atoms with Gasteiger partial charge < -0.3 is 10.8 Å². The van der Waals surface area contributed by atoms with Crippen LogP contribution in [0, 0.1) is 0 Å². The average molecular weight is 453 g/mol. The van der Waals surface area contributed by atoms with Crippen LogP contribution in [0.4, 0.5) is 10.6 Å². The number of hydrogen-bond acceptors (Lipinski definition) is 6. The van der Waals surface area contributed by atoms with Gasteiger partial charge in [-0.1, -0.05) is 12.1 Å². The Labute approximate surface area is 186 Å². The Kier molecular flexibility index (Phi) is 6.20. The summed E-state index contributed by atoms with van der Waals surface area (Å²) in [7, 11) is -3.47. The van der Waals surface area contributed by atoms with Crippen LogP contribution >= 0.6 is 0 Å². The maximum absolute atomic E-state index is 12.5. The number of primary amides is 1. The maximum atomic E-state index is 12.5. The lowest BCUT2D eigenvalue weighted by Crippen LogP contribution is -2.40. The van der Waals surface area contributed by atoms with E-state index < -0.39 is 15.9 Å². The molecule has 4 rings (SSSR count). The standard InChI is InChI=1S/C23H24N4O4S/c24-23(29)27-7-2-5-17-10-20(15-26-22(17)27)19-11-18(13-25-14-19)16-4-1-6-21(12-16)32(30,31)9-3-8-28/h1,4,6,10-15,28H,2-3,5,7-9H2,(H2,24,29). The van der Waals surface area contributed by atoms with Crippen LogP contribution < -0.4 is 10.6 Å². The highest BCUT2D eigenvalue weighted by atomic mass is 32.2. The van der Waals surface area contributed by atoms with Crippen LogP contribution in [0.5, 0.6) is 0 Å². The van der Waals surface area contributed by atoms with Crippen molar-refractivity contribution in [2.24, 2.45) is 5.73 Å². The number of fused-ring (bicyclic) bond motifs is 1. The van der Waals surface area contributed by atoms with Gasteiger partial charge in [-0.2, -0.15) is 0 Å². The average Bonchev–Trinajstić information content (AvgIpc) is 2.82. The summed E-state index contributed by atoms with van der Waals surface area (Å²) in [4.78, 5) is 22.2. The highest BCUT2D eigenvalue weighted by molar-refractivity contribution is 7.91. The van der Waals surface area contributed by atoms with Gasteiger partial charge in [0.15, 0.2) is 9.84 Å². The minimum Gasteiger partial charge on any atom is -0.396 e. The molecule has 32 heavy (non-hydrogen) atoms. The lowest BCUT2D eigenvalue weighted by atomic mass is 9.99. The molecule has 8 nitrogen and oxygen atoms in total. The summed E-state index contributed by atoms with van der Waals surface area (Å²) in [6, 6.07) is 10.1. The first kappa shape index (κ1) is 21.9. The second kappa shape index (κ2) is 9.05. The molecule has 0 aliphatic carbocycles. The SMILES string of the molecule is NC(=O)N1CCCc2cc(-c3cncc(-c4cccc(S(=O)(=O)CCCO)c4)c3)cnc21. The van der Waals surface area contributed by atoms with Crippen molar-refractivity contribution >= 4 is 21.7 Å².